The zero-order chi connectivity index (χ0) is 14.1. The van der Waals surface area contributed by atoms with Crippen molar-refractivity contribution in [2.75, 3.05) is 39.9 Å². The molecule has 2 aliphatic rings. The highest BCUT2D eigenvalue weighted by Crippen LogP contribution is 2.20. The predicted molar refractivity (Wildman–Crippen MR) is 78.1 cm³/mol. The molecule has 4 nitrogen and oxygen atoms in total. The Morgan fingerprint density at radius 1 is 1.20 bits per heavy atom. The van der Waals surface area contributed by atoms with E-state index >= 15 is 0 Å². The van der Waals surface area contributed by atoms with Gasteiger partial charge in [-0.1, -0.05) is 11.6 Å². The Morgan fingerprint density at radius 2 is 1.95 bits per heavy atom. The van der Waals surface area contributed by atoms with E-state index in [1.165, 1.54) is 0 Å². The molecule has 5 heteroatoms. The molecule has 2 bridgehead atoms. The molecule has 2 fully saturated rings. The van der Waals surface area contributed by atoms with Gasteiger partial charge in [-0.05, 0) is 31.3 Å². The Kier molecular flexibility index (Phi) is 3.96. The minimum atomic E-state index is 0.0915. The lowest BCUT2D eigenvalue weighted by molar-refractivity contribution is 0.0434. The van der Waals surface area contributed by atoms with Crippen LogP contribution in [0.5, 0.6) is 0 Å². The topological polar surface area (TPSA) is 32.8 Å². The average molecular weight is 295 g/mol. The van der Waals surface area contributed by atoms with E-state index < -0.39 is 0 Å². The predicted octanol–water partition coefficient (Wildman–Crippen LogP) is 1.74. The second kappa shape index (κ2) is 5.72. The summed E-state index contributed by atoms with van der Waals surface area (Å²) in [6.07, 6.45) is 0. The summed E-state index contributed by atoms with van der Waals surface area (Å²) >= 11 is 5.88. The first-order chi connectivity index (χ1) is 9.63. The van der Waals surface area contributed by atoms with Gasteiger partial charge in [0.2, 0.25) is 0 Å². The molecule has 2 atom stereocenters. The van der Waals surface area contributed by atoms with Gasteiger partial charge in [-0.15, -0.1) is 0 Å². The number of ether oxygens (including phenoxy) is 1. The van der Waals surface area contributed by atoms with Crippen LogP contribution in [0.1, 0.15) is 10.4 Å². The normalized spacial score (nSPS) is 27.2. The third kappa shape index (κ3) is 2.82. The van der Waals surface area contributed by atoms with E-state index in [0.29, 0.717) is 29.2 Å². The van der Waals surface area contributed by atoms with E-state index in [1.54, 1.807) is 24.3 Å². The molecule has 1 aromatic carbocycles. The fraction of sp³-hybridized carbons (Fsp3) is 0.533. The number of amides is 1. The van der Waals surface area contributed by atoms with E-state index in [1.807, 2.05) is 4.90 Å². The lowest BCUT2D eigenvalue weighted by Gasteiger charge is -2.29. The Morgan fingerprint density at radius 3 is 2.70 bits per heavy atom. The van der Waals surface area contributed by atoms with Gasteiger partial charge in [-0.25, -0.2) is 0 Å². The lowest BCUT2D eigenvalue weighted by Crippen LogP contribution is -2.44. The van der Waals surface area contributed by atoms with E-state index in [-0.39, 0.29) is 5.91 Å². The van der Waals surface area contributed by atoms with Gasteiger partial charge in [0.15, 0.2) is 0 Å². The Hall–Kier alpha value is -1.10. The fourth-order valence-corrected chi connectivity index (χ4v) is 3.12. The second-order valence-corrected chi connectivity index (χ2v) is 6.15. The summed E-state index contributed by atoms with van der Waals surface area (Å²) < 4.78 is 5.68. The largest absolute Gasteiger partial charge is 0.379 e. The van der Waals surface area contributed by atoms with Crippen molar-refractivity contribution in [1.29, 1.82) is 0 Å². The molecule has 0 radical (unpaired) electrons. The van der Waals surface area contributed by atoms with Gasteiger partial charge >= 0.3 is 0 Å². The summed E-state index contributed by atoms with van der Waals surface area (Å²) in [6, 6.07) is 7.42. The molecule has 20 heavy (non-hydrogen) atoms. The van der Waals surface area contributed by atoms with Crippen LogP contribution in [0.15, 0.2) is 24.3 Å². The van der Waals surface area contributed by atoms with Crippen molar-refractivity contribution >= 4 is 17.5 Å². The maximum atomic E-state index is 12.6. The highest BCUT2D eigenvalue weighted by molar-refractivity contribution is 6.30. The van der Waals surface area contributed by atoms with E-state index in [2.05, 4.69) is 11.9 Å². The summed E-state index contributed by atoms with van der Waals surface area (Å²) in [7, 11) is 2.11. The molecule has 108 valence electrons. The zero-order valence-electron chi connectivity index (χ0n) is 11.6. The van der Waals surface area contributed by atoms with Crippen LogP contribution in [0, 0.1) is 5.92 Å². The molecule has 0 unspecified atom stereocenters. The summed E-state index contributed by atoms with van der Waals surface area (Å²) in [4.78, 5) is 16.9. The summed E-state index contributed by atoms with van der Waals surface area (Å²) in [5, 5.41) is 0.655. The molecule has 0 spiro atoms. The number of rotatable bonds is 1. The molecule has 0 saturated carbocycles. The molecular weight excluding hydrogens is 276 g/mol. The second-order valence-electron chi connectivity index (χ2n) is 5.71. The number of carbonyl (C=O) groups is 1. The fourth-order valence-electron chi connectivity index (χ4n) is 2.99. The number of benzene rings is 1. The Labute approximate surface area is 124 Å². The number of hydrogen-bond acceptors (Lipinski definition) is 3. The van der Waals surface area contributed by atoms with Crippen molar-refractivity contribution in [3.63, 3.8) is 0 Å². The van der Waals surface area contributed by atoms with E-state index in [4.69, 9.17) is 16.3 Å². The van der Waals surface area contributed by atoms with Crippen molar-refractivity contribution in [2.24, 2.45) is 5.92 Å². The Balaban J connectivity index is 1.79. The van der Waals surface area contributed by atoms with Crippen LogP contribution in [0.3, 0.4) is 0 Å². The van der Waals surface area contributed by atoms with Crippen molar-refractivity contribution in [3.05, 3.63) is 34.9 Å². The molecule has 0 N–H and O–H groups in total. The molecule has 1 aromatic rings. The first kappa shape index (κ1) is 13.9. The minimum Gasteiger partial charge on any atom is -0.379 e. The molecule has 1 amide bonds. The van der Waals surface area contributed by atoms with Gasteiger partial charge in [0.05, 0.1) is 19.3 Å². The molecule has 0 aliphatic carbocycles. The smallest absolute Gasteiger partial charge is 0.253 e. The van der Waals surface area contributed by atoms with Crippen LogP contribution in [-0.2, 0) is 4.74 Å². The summed E-state index contributed by atoms with van der Waals surface area (Å²) in [5.74, 6) is 0.484. The van der Waals surface area contributed by atoms with Crippen molar-refractivity contribution in [1.82, 2.24) is 9.80 Å². The molecule has 3 rings (SSSR count). The van der Waals surface area contributed by atoms with Gasteiger partial charge in [-0.2, -0.15) is 0 Å². The van der Waals surface area contributed by atoms with Crippen molar-refractivity contribution < 1.29 is 9.53 Å². The van der Waals surface area contributed by atoms with Crippen molar-refractivity contribution in [3.8, 4) is 0 Å². The Bertz CT molecular complexity index is 491. The van der Waals surface area contributed by atoms with E-state index in [9.17, 15) is 4.79 Å². The number of halogens is 1. The van der Waals surface area contributed by atoms with Gasteiger partial charge in [-0.3, -0.25) is 9.69 Å². The number of hydrogen-bond donors (Lipinski definition) is 0. The summed E-state index contributed by atoms with van der Waals surface area (Å²) in [6.45, 7) is 3.94. The molecular formula is C15H19ClN2O2. The van der Waals surface area contributed by atoms with Gasteiger partial charge in [0.25, 0.3) is 5.91 Å². The third-order valence-corrected chi connectivity index (χ3v) is 4.37. The van der Waals surface area contributed by atoms with E-state index in [0.717, 1.165) is 26.2 Å². The summed E-state index contributed by atoms with van der Waals surface area (Å²) in [5.41, 5.74) is 0.706. The maximum Gasteiger partial charge on any atom is 0.253 e. The number of likely N-dealkylation sites (N-methyl/N-ethyl adjacent to an activating group) is 1. The number of fused-ring (bicyclic) bond motifs is 3. The minimum absolute atomic E-state index is 0.0915. The van der Waals surface area contributed by atoms with Gasteiger partial charge < -0.3 is 9.64 Å². The van der Waals surface area contributed by atoms with Crippen molar-refractivity contribution in [2.45, 2.75) is 6.04 Å². The van der Waals surface area contributed by atoms with Gasteiger partial charge in [0, 0.05) is 36.1 Å². The molecule has 2 saturated heterocycles. The lowest BCUT2D eigenvalue weighted by atomic mass is 10.1. The first-order valence-electron chi connectivity index (χ1n) is 6.96. The van der Waals surface area contributed by atoms with Crippen LogP contribution < -0.4 is 0 Å². The van der Waals surface area contributed by atoms with Crippen LogP contribution in [0.2, 0.25) is 5.02 Å². The van der Waals surface area contributed by atoms with Crippen LogP contribution in [0.25, 0.3) is 0 Å². The average Bonchev–Trinajstić information content (AvgIpc) is 2.67. The van der Waals surface area contributed by atoms with Crippen LogP contribution >= 0.6 is 11.6 Å². The highest BCUT2D eigenvalue weighted by atomic mass is 35.5. The molecule has 2 heterocycles. The number of carbonyl (C=O) groups excluding carboxylic acids is 1. The molecule has 0 aromatic heterocycles. The monoisotopic (exact) mass is 294 g/mol. The standard InChI is InChI=1S/C15H19ClN2O2/c1-17-6-11-7-18(8-14(17)10-20-9-11)15(19)12-2-4-13(16)5-3-12/h2-5,11,14H,6-10H2,1H3/t11-,14+/m1/s1. The number of nitrogens with zero attached hydrogens (tertiary/aromatic N) is 2. The SMILES string of the molecule is CN1C[C@H]2COC[C@@H]1CN(C(=O)c1ccc(Cl)cc1)C2. The van der Waals surface area contributed by atoms with Gasteiger partial charge in [0.1, 0.15) is 0 Å². The first-order valence-corrected chi connectivity index (χ1v) is 7.34. The van der Waals surface area contributed by atoms with Crippen LogP contribution in [0.4, 0.5) is 0 Å². The molecule has 2 aliphatic heterocycles. The highest BCUT2D eigenvalue weighted by Gasteiger charge is 2.33. The zero-order valence-corrected chi connectivity index (χ0v) is 12.3. The van der Waals surface area contributed by atoms with Crippen LogP contribution in [-0.4, -0.2) is 61.6 Å². The maximum absolute atomic E-state index is 12.6. The third-order valence-electron chi connectivity index (χ3n) is 4.12. The quantitative estimate of drug-likeness (QED) is 0.791.